The van der Waals surface area contributed by atoms with Crippen molar-refractivity contribution in [1.82, 2.24) is 0 Å². The van der Waals surface area contributed by atoms with Crippen molar-refractivity contribution in [2.24, 2.45) is 0 Å². The molecule has 6 heteroatoms. The van der Waals surface area contributed by atoms with Gasteiger partial charge in [0.05, 0.1) is 10.9 Å². The fourth-order valence-electron chi connectivity index (χ4n) is 2.26. The second kappa shape index (κ2) is 7.16. The molecular weight excluding hydrogens is 363 g/mol. The predicted molar refractivity (Wildman–Crippen MR) is 90.2 cm³/mol. The Bertz CT molecular complexity index is 756. The number of benzene rings is 2. The molecule has 0 aromatic heterocycles. The van der Waals surface area contributed by atoms with Crippen LogP contribution in [0.2, 0.25) is 10.0 Å². The smallest absolute Gasteiger partial charge is 0.205 e. The highest BCUT2D eigenvalue weighted by Crippen LogP contribution is 2.38. The van der Waals surface area contributed by atoms with E-state index in [4.69, 9.17) is 23.2 Å². The summed E-state index contributed by atoms with van der Waals surface area (Å²) < 4.78 is 53.8. The summed E-state index contributed by atoms with van der Waals surface area (Å²) in [5.41, 5.74) is 1.34. The van der Waals surface area contributed by atoms with Crippen LogP contribution in [-0.2, 0) is 0 Å². The van der Waals surface area contributed by atoms with Crippen molar-refractivity contribution in [1.29, 1.82) is 0 Å². The maximum Gasteiger partial charge on any atom is 0.399 e. The Hall–Kier alpha value is -1.52. The lowest BCUT2D eigenvalue weighted by Gasteiger charge is -2.18. The van der Waals surface area contributed by atoms with Crippen LogP contribution in [0.1, 0.15) is 28.2 Å². The Kier molecular flexibility index (Phi) is 5.61. The molecule has 0 aliphatic heterocycles. The zero-order valence-corrected chi connectivity index (χ0v) is 14.4. The summed E-state index contributed by atoms with van der Waals surface area (Å²) in [7, 11) is 0. The van der Waals surface area contributed by atoms with Gasteiger partial charge in [0.15, 0.2) is 0 Å². The van der Waals surface area contributed by atoms with E-state index in [0.717, 1.165) is 23.8 Å². The maximum absolute atomic E-state index is 13.6. The number of hydrogen-bond donors (Lipinski definition) is 0. The number of allylic oxidation sites excluding steroid dienone is 1. The van der Waals surface area contributed by atoms with Gasteiger partial charge in [-0.3, -0.25) is 0 Å². The van der Waals surface area contributed by atoms with Crippen LogP contribution >= 0.6 is 23.2 Å². The molecular formula is C18H14Cl2F4. The molecule has 0 fully saturated rings. The normalized spacial score (nSPS) is 13.5. The second-order valence-electron chi connectivity index (χ2n) is 5.52. The summed E-state index contributed by atoms with van der Waals surface area (Å²) in [4.78, 5) is 0. The van der Waals surface area contributed by atoms with Gasteiger partial charge in [0.2, 0.25) is 0 Å². The molecule has 24 heavy (non-hydrogen) atoms. The van der Waals surface area contributed by atoms with E-state index in [1.165, 1.54) is 13.0 Å². The van der Waals surface area contributed by atoms with E-state index in [1.807, 2.05) is 0 Å². The number of aryl methyl sites for hydroxylation is 2. The number of halogens is 6. The second-order valence-corrected chi connectivity index (χ2v) is 6.34. The average Bonchev–Trinajstić information content (AvgIpc) is 2.47. The Labute approximate surface area is 147 Å². The Morgan fingerprint density at radius 3 is 2.17 bits per heavy atom. The zero-order chi connectivity index (χ0) is 18.1. The summed E-state index contributed by atoms with van der Waals surface area (Å²) >= 11 is 11.7. The summed E-state index contributed by atoms with van der Waals surface area (Å²) in [5, 5.41) is 0.146. The van der Waals surface area contributed by atoms with E-state index < -0.39 is 17.9 Å². The highest BCUT2D eigenvalue weighted by atomic mass is 35.5. The molecule has 0 radical (unpaired) electrons. The van der Waals surface area contributed by atoms with Gasteiger partial charge in [-0.1, -0.05) is 53.6 Å². The maximum atomic E-state index is 13.6. The molecule has 1 unspecified atom stereocenters. The monoisotopic (exact) mass is 376 g/mol. The van der Waals surface area contributed by atoms with E-state index in [1.54, 1.807) is 25.1 Å². The molecule has 0 amide bonds. The van der Waals surface area contributed by atoms with Crippen molar-refractivity contribution in [3.8, 4) is 0 Å². The van der Waals surface area contributed by atoms with Crippen molar-refractivity contribution in [2.75, 3.05) is 0 Å². The minimum atomic E-state index is -4.53. The van der Waals surface area contributed by atoms with E-state index >= 15 is 0 Å². The number of rotatable bonds is 3. The first kappa shape index (κ1) is 18.8. The Morgan fingerprint density at radius 1 is 0.958 bits per heavy atom. The van der Waals surface area contributed by atoms with Gasteiger partial charge in [-0.25, -0.2) is 4.39 Å². The summed E-state index contributed by atoms with van der Waals surface area (Å²) in [6.45, 7) is 3.18. The van der Waals surface area contributed by atoms with E-state index in [2.05, 4.69) is 0 Å². The molecule has 0 heterocycles. The summed E-state index contributed by atoms with van der Waals surface area (Å²) in [6.07, 6.45) is -2.17. The molecule has 1 atom stereocenters. The molecule has 0 aliphatic carbocycles. The van der Waals surface area contributed by atoms with Crippen molar-refractivity contribution < 1.29 is 17.6 Å². The molecule has 0 saturated carbocycles. The third kappa shape index (κ3) is 4.31. The molecule has 2 aromatic rings. The number of alkyl halides is 3. The Morgan fingerprint density at radius 2 is 1.62 bits per heavy atom. The van der Waals surface area contributed by atoms with Crippen LogP contribution in [0.5, 0.6) is 0 Å². The van der Waals surface area contributed by atoms with Crippen LogP contribution in [0.3, 0.4) is 0 Å². The minimum Gasteiger partial charge on any atom is -0.205 e. The lowest BCUT2D eigenvalue weighted by molar-refractivity contribution is -0.139. The van der Waals surface area contributed by atoms with Gasteiger partial charge >= 0.3 is 6.18 Å². The van der Waals surface area contributed by atoms with Crippen molar-refractivity contribution in [2.45, 2.75) is 25.9 Å². The first-order chi connectivity index (χ1) is 11.1. The minimum absolute atomic E-state index is 0.0681. The first-order valence-electron chi connectivity index (χ1n) is 7.06. The Balaban J connectivity index is 2.43. The van der Waals surface area contributed by atoms with Crippen LogP contribution in [-0.4, -0.2) is 6.18 Å². The zero-order valence-electron chi connectivity index (χ0n) is 12.9. The van der Waals surface area contributed by atoms with Crippen LogP contribution in [0.25, 0.3) is 6.08 Å². The third-order valence-electron chi connectivity index (χ3n) is 3.62. The molecule has 0 saturated heterocycles. The fourth-order valence-corrected chi connectivity index (χ4v) is 2.73. The molecule has 128 valence electrons. The average molecular weight is 377 g/mol. The van der Waals surface area contributed by atoms with Crippen LogP contribution in [0.4, 0.5) is 17.6 Å². The van der Waals surface area contributed by atoms with E-state index in [9.17, 15) is 17.6 Å². The highest BCUT2D eigenvalue weighted by Gasteiger charge is 2.39. The first-order valence-corrected chi connectivity index (χ1v) is 7.82. The van der Waals surface area contributed by atoms with Gasteiger partial charge in [-0.2, -0.15) is 13.2 Å². The molecule has 0 N–H and O–H groups in total. The van der Waals surface area contributed by atoms with E-state index in [0.29, 0.717) is 10.6 Å². The topological polar surface area (TPSA) is 0 Å². The summed E-state index contributed by atoms with van der Waals surface area (Å²) in [5.74, 6) is -2.61. The summed E-state index contributed by atoms with van der Waals surface area (Å²) in [6, 6.07) is 7.15. The largest absolute Gasteiger partial charge is 0.399 e. The molecule has 2 rings (SSSR count). The van der Waals surface area contributed by atoms with Gasteiger partial charge < -0.3 is 0 Å². The predicted octanol–water partition coefficient (Wildman–Crippen LogP) is 7.11. The SMILES string of the molecule is Cc1ccc(/C=C/C(c2cc(C)c(F)c(Cl)c2)C(F)(F)F)cc1Cl. The number of hydrogen-bond acceptors (Lipinski definition) is 0. The van der Waals surface area contributed by atoms with Crippen LogP contribution < -0.4 is 0 Å². The van der Waals surface area contributed by atoms with Gasteiger partial charge in [0.25, 0.3) is 0 Å². The molecule has 0 nitrogen and oxygen atoms in total. The van der Waals surface area contributed by atoms with Crippen molar-refractivity contribution in [3.05, 3.63) is 74.5 Å². The fraction of sp³-hybridized carbons (Fsp3) is 0.222. The molecule has 0 aliphatic rings. The van der Waals surface area contributed by atoms with Gasteiger partial charge in [-0.05, 0) is 48.2 Å². The van der Waals surface area contributed by atoms with Crippen molar-refractivity contribution in [3.63, 3.8) is 0 Å². The van der Waals surface area contributed by atoms with Crippen LogP contribution in [0, 0.1) is 19.7 Å². The molecule has 0 bridgehead atoms. The lowest BCUT2D eigenvalue weighted by Crippen LogP contribution is -2.19. The quantitative estimate of drug-likeness (QED) is 0.500. The molecule has 2 aromatic carbocycles. The molecule has 0 spiro atoms. The van der Waals surface area contributed by atoms with Gasteiger partial charge in [0, 0.05) is 5.02 Å². The van der Waals surface area contributed by atoms with E-state index in [-0.39, 0.29) is 16.1 Å². The third-order valence-corrected chi connectivity index (χ3v) is 4.30. The highest BCUT2D eigenvalue weighted by molar-refractivity contribution is 6.31. The van der Waals surface area contributed by atoms with Crippen molar-refractivity contribution >= 4 is 29.3 Å². The van der Waals surface area contributed by atoms with Gasteiger partial charge in [-0.15, -0.1) is 0 Å². The van der Waals surface area contributed by atoms with Crippen LogP contribution in [0.15, 0.2) is 36.4 Å². The standard InChI is InChI=1S/C18H14Cl2F4/c1-10-3-4-12(8-15(10)19)5-6-14(18(22,23)24)13-7-11(2)17(21)16(20)9-13/h3-9,14H,1-2H3/b6-5+. The van der Waals surface area contributed by atoms with Gasteiger partial charge in [0.1, 0.15) is 5.82 Å². The lowest BCUT2D eigenvalue weighted by atomic mass is 9.95.